The van der Waals surface area contributed by atoms with E-state index in [-0.39, 0.29) is 4.90 Å². The number of rotatable bonds is 6. The van der Waals surface area contributed by atoms with Crippen LogP contribution >= 0.6 is 10.7 Å². The summed E-state index contributed by atoms with van der Waals surface area (Å²) in [6, 6.07) is 6.95. The highest BCUT2D eigenvalue weighted by molar-refractivity contribution is 8.13. The van der Waals surface area contributed by atoms with Gasteiger partial charge in [-0.15, -0.1) is 0 Å². The van der Waals surface area contributed by atoms with Crippen LogP contribution in [0.5, 0.6) is 0 Å². The van der Waals surface area contributed by atoms with E-state index in [4.69, 9.17) is 10.7 Å². The van der Waals surface area contributed by atoms with Crippen LogP contribution in [0.3, 0.4) is 0 Å². The van der Waals surface area contributed by atoms with Gasteiger partial charge in [0.25, 0.3) is 9.05 Å². The highest BCUT2D eigenvalue weighted by Crippen LogP contribution is 2.21. The van der Waals surface area contributed by atoms with E-state index in [1.165, 1.54) is 12.8 Å². The Labute approximate surface area is 102 Å². The molecule has 0 aliphatic heterocycles. The van der Waals surface area contributed by atoms with Crippen LogP contribution in [-0.4, -0.2) is 8.42 Å². The molecule has 0 saturated carbocycles. The third kappa shape index (κ3) is 4.14. The third-order valence-corrected chi connectivity index (χ3v) is 3.96. The van der Waals surface area contributed by atoms with Gasteiger partial charge in [0.1, 0.15) is 0 Å². The van der Waals surface area contributed by atoms with Gasteiger partial charge in [-0.2, -0.15) is 0 Å². The summed E-state index contributed by atoms with van der Waals surface area (Å²) in [5.41, 5.74) is 0.827. The van der Waals surface area contributed by atoms with Gasteiger partial charge >= 0.3 is 0 Å². The van der Waals surface area contributed by atoms with Crippen molar-refractivity contribution in [2.75, 3.05) is 0 Å². The van der Waals surface area contributed by atoms with Crippen molar-refractivity contribution in [2.45, 2.75) is 43.9 Å². The second-order valence-corrected chi connectivity index (χ2v) is 6.39. The molecule has 0 fully saturated rings. The summed E-state index contributed by atoms with van der Waals surface area (Å²) < 4.78 is 22.6. The summed E-state index contributed by atoms with van der Waals surface area (Å²) in [5, 5.41) is 0. The van der Waals surface area contributed by atoms with E-state index in [1.807, 2.05) is 12.1 Å². The SMILES string of the molecule is CCCCCCc1ccccc1S(=O)(=O)Cl. The van der Waals surface area contributed by atoms with Crippen molar-refractivity contribution < 1.29 is 8.42 Å². The molecule has 90 valence electrons. The Balaban J connectivity index is 2.73. The van der Waals surface area contributed by atoms with Gasteiger partial charge in [-0.1, -0.05) is 44.4 Å². The molecule has 1 aromatic rings. The Morgan fingerprint density at radius 3 is 2.44 bits per heavy atom. The quantitative estimate of drug-likeness (QED) is 0.577. The Kier molecular flexibility index (Phi) is 5.29. The van der Waals surface area contributed by atoms with Gasteiger partial charge in [0.15, 0.2) is 0 Å². The van der Waals surface area contributed by atoms with E-state index < -0.39 is 9.05 Å². The largest absolute Gasteiger partial charge is 0.261 e. The molecule has 0 radical (unpaired) electrons. The van der Waals surface area contributed by atoms with Crippen molar-refractivity contribution in [1.29, 1.82) is 0 Å². The van der Waals surface area contributed by atoms with Crippen LogP contribution in [0.4, 0.5) is 0 Å². The number of unbranched alkanes of at least 4 members (excludes halogenated alkanes) is 3. The Bertz CT molecular complexity index is 426. The van der Waals surface area contributed by atoms with Crippen LogP contribution in [-0.2, 0) is 15.5 Å². The fraction of sp³-hybridized carbons (Fsp3) is 0.500. The average molecular weight is 261 g/mol. The van der Waals surface area contributed by atoms with E-state index in [0.29, 0.717) is 0 Å². The summed E-state index contributed by atoms with van der Waals surface area (Å²) in [4.78, 5) is 0.258. The molecule has 0 heterocycles. The fourth-order valence-electron chi connectivity index (χ4n) is 1.69. The van der Waals surface area contributed by atoms with Gasteiger partial charge in [0.05, 0.1) is 4.90 Å². The smallest absolute Gasteiger partial charge is 0.207 e. The molecular weight excluding hydrogens is 244 g/mol. The van der Waals surface area contributed by atoms with E-state index >= 15 is 0 Å². The summed E-state index contributed by atoms with van der Waals surface area (Å²) in [5.74, 6) is 0. The van der Waals surface area contributed by atoms with Gasteiger partial charge in [0, 0.05) is 10.7 Å². The zero-order chi connectivity index (χ0) is 12.0. The molecule has 2 nitrogen and oxygen atoms in total. The zero-order valence-corrected chi connectivity index (χ0v) is 11.0. The van der Waals surface area contributed by atoms with Crippen molar-refractivity contribution in [3.05, 3.63) is 29.8 Å². The monoisotopic (exact) mass is 260 g/mol. The Morgan fingerprint density at radius 2 is 1.81 bits per heavy atom. The Hall–Kier alpha value is -0.540. The third-order valence-electron chi connectivity index (χ3n) is 2.53. The molecule has 0 aliphatic rings. The van der Waals surface area contributed by atoms with Gasteiger partial charge < -0.3 is 0 Å². The number of hydrogen-bond acceptors (Lipinski definition) is 2. The molecule has 16 heavy (non-hydrogen) atoms. The van der Waals surface area contributed by atoms with Crippen LogP contribution < -0.4 is 0 Å². The summed E-state index contributed by atoms with van der Waals surface area (Å²) in [7, 11) is 1.77. The normalized spacial score (nSPS) is 11.6. The predicted molar refractivity (Wildman–Crippen MR) is 67.3 cm³/mol. The predicted octanol–water partition coefficient (Wildman–Crippen LogP) is 3.74. The lowest BCUT2D eigenvalue weighted by molar-refractivity contribution is 0.607. The number of hydrogen-bond donors (Lipinski definition) is 0. The number of benzene rings is 1. The molecule has 0 amide bonds. The van der Waals surface area contributed by atoms with Crippen molar-refractivity contribution in [1.82, 2.24) is 0 Å². The van der Waals surface area contributed by atoms with Gasteiger partial charge in [-0.3, -0.25) is 0 Å². The maximum Gasteiger partial charge on any atom is 0.261 e. The topological polar surface area (TPSA) is 34.1 Å². The van der Waals surface area contributed by atoms with E-state index in [2.05, 4.69) is 6.92 Å². The van der Waals surface area contributed by atoms with E-state index in [0.717, 1.165) is 24.8 Å². The lowest BCUT2D eigenvalue weighted by atomic mass is 10.1. The van der Waals surface area contributed by atoms with Crippen molar-refractivity contribution in [3.63, 3.8) is 0 Å². The van der Waals surface area contributed by atoms with E-state index in [9.17, 15) is 8.42 Å². The first-order chi connectivity index (χ1) is 7.55. The maximum atomic E-state index is 11.3. The highest BCUT2D eigenvalue weighted by Gasteiger charge is 2.13. The van der Waals surface area contributed by atoms with Crippen LogP contribution in [0, 0.1) is 0 Å². The Morgan fingerprint density at radius 1 is 1.12 bits per heavy atom. The number of halogens is 1. The molecule has 1 aromatic carbocycles. The van der Waals surface area contributed by atoms with Gasteiger partial charge in [-0.25, -0.2) is 8.42 Å². The summed E-state index contributed by atoms with van der Waals surface area (Å²) in [6.45, 7) is 2.15. The molecule has 0 aromatic heterocycles. The van der Waals surface area contributed by atoms with E-state index in [1.54, 1.807) is 12.1 Å². The van der Waals surface area contributed by atoms with Crippen molar-refractivity contribution >= 4 is 19.7 Å². The first-order valence-corrected chi connectivity index (χ1v) is 7.89. The summed E-state index contributed by atoms with van der Waals surface area (Å²) in [6.07, 6.45) is 5.29. The van der Waals surface area contributed by atoms with Gasteiger partial charge in [0.2, 0.25) is 0 Å². The van der Waals surface area contributed by atoms with Gasteiger partial charge in [-0.05, 0) is 24.5 Å². The minimum atomic E-state index is -3.60. The molecule has 0 spiro atoms. The molecule has 0 unspecified atom stereocenters. The van der Waals surface area contributed by atoms with Crippen LogP contribution in [0.15, 0.2) is 29.2 Å². The summed E-state index contributed by atoms with van der Waals surface area (Å²) >= 11 is 0. The molecular formula is C12H17ClO2S. The van der Waals surface area contributed by atoms with Crippen LogP contribution in [0.25, 0.3) is 0 Å². The maximum absolute atomic E-state index is 11.3. The molecule has 0 bridgehead atoms. The first-order valence-electron chi connectivity index (χ1n) is 5.58. The van der Waals surface area contributed by atoms with Crippen molar-refractivity contribution in [3.8, 4) is 0 Å². The molecule has 0 aliphatic carbocycles. The molecule has 0 N–H and O–H groups in total. The second kappa shape index (κ2) is 6.26. The second-order valence-electron chi connectivity index (χ2n) is 3.86. The standard InChI is InChI=1S/C12H17ClO2S/c1-2-3-4-5-8-11-9-6-7-10-12(11)16(13,14)15/h6-7,9-10H,2-5,8H2,1H3. The minimum Gasteiger partial charge on any atom is -0.207 e. The first kappa shape index (κ1) is 13.5. The fourth-order valence-corrected chi connectivity index (χ4v) is 2.87. The minimum absolute atomic E-state index is 0.258. The number of aryl methyl sites for hydroxylation is 1. The highest BCUT2D eigenvalue weighted by atomic mass is 35.7. The van der Waals surface area contributed by atoms with Crippen molar-refractivity contribution in [2.24, 2.45) is 0 Å². The van der Waals surface area contributed by atoms with Crippen LogP contribution in [0.1, 0.15) is 38.2 Å². The average Bonchev–Trinajstić information content (AvgIpc) is 2.24. The molecule has 1 rings (SSSR count). The zero-order valence-electron chi connectivity index (χ0n) is 9.45. The lowest BCUT2D eigenvalue weighted by Gasteiger charge is -2.05. The lowest BCUT2D eigenvalue weighted by Crippen LogP contribution is -1.98. The van der Waals surface area contributed by atoms with Crippen LogP contribution in [0.2, 0.25) is 0 Å². The molecule has 0 saturated heterocycles. The molecule has 0 atom stereocenters. The molecule has 4 heteroatoms.